The largest absolute Gasteiger partial charge is 0.389 e. The lowest BCUT2D eigenvalue weighted by Crippen LogP contribution is -2.38. The minimum absolute atomic E-state index is 0.202. The van der Waals surface area contributed by atoms with E-state index in [9.17, 15) is 19.5 Å². The number of rotatable bonds is 6. The maximum absolute atomic E-state index is 11.4. The van der Waals surface area contributed by atoms with E-state index in [0.29, 0.717) is 0 Å². The predicted molar refractivity (Wildman–Crippen MR) is 82.2 cm³/mol. The van der Waals surface area contributed by atoms with Gasteiger partial charge in [0.25, 0.3) is 0 Å². The average molecular weight is 306 g/mol. The zero-order valence-corrected chi connectivity index (χ0v) is 12.5. The second-order valence-electron chi connectivity index (χ2n) is 5.37. The van der Waals surface area contributed by atoms with Gasteiger partial charge in [-0.15, -0.1) is 0 Å². The van der Waals surface area contributed by atoms with Crippen LogP contribution in [0.25, 0.3) is 0 Å². The summed E-state index contributed by atoms with van der Waals surface area (Å²) < 4.78 is 11.4. The molecular weight excluding hydrogens is 287 g/mol. The summed E-state index contributed by atoms with van der Waals surface area (Å²) in [7, 11) is -4.31. The molecule has 0 aliphatic heterocycles. The Morgan fingerprint density at radius 2 is 1.19 bits per heavy atom. The van der Waals surface area contributed by atoms with Gasteiger partial charge in [0.1, 0.15) is 0 Å². The van der Waals surface area contributed by atoms with Crippen LogP contribution in [0.5, 0.6) is 0 Å². The number of benzene rings is 2. The van der Waals surface area contributed by atoms with Gasteiger partial charge in [-0.2, -0.15) is 0 Å². The third-order valence-electron chi connectivity index (χ3n) is 3.25. The van der Waals surface area contributed by atoms with E-state index in [1.54, 1.807) is 0 Å². The molecule has 0 aliphatic carbocycles. The van der Waals surface area contributed by atoms with Crippen LogP contribution in [0.3, 0.4) is 0 Å². The monoisotopic (exact) mass is 306 g/mol. The highest BCUT2D eigenvalue weighted by atomic mass is 31.2. The highest BCUT2D eigenvalue weighted by Crippen LogP contribution is 2.40. The number of aliphatic hydroxyl groups is 1. The molecule has 2 aromatic rings. The van der Waals surface area contributed by atoms with Crippen LogP contribution in [-0.4, -0.2) is 26.7 Å². The zero-order valence-electron chi connectivity index (χ0n) is 11.6. The van der Waals surface area contributed by atoms with Crippen LogP contribution in [0, 0.1) is 0 Å². The second kappa shape index (κ2) is 6.54. The van der Waals surface area contributed by atoms with Crippen LogP contribution in [0.15, 0.2) is 60.7 Å². The van der Waals surface area contributed by atoms with Gasteiger partial charge in [-0.05, 0) is 11.1 Å². The molecule has 0 aliphatic rings. The van der Waals surface area contributed by atoms with Crippen molar-refractivity contribution in [3.63, 3.8) is 0 Å². The molecule has 112 valence electrons. The van der Waals surface area contributed by atoms with Gasteiger partial charge in [0.05, 0.1) is 11.8 Å². The van der Waals surface area contributed by atoms with Crippen molar-refractivity contribution < 1.29 is 19.5 Å². The van der Waals surface area contributed by atoms with Gasteiger partial charge < -0.3 is 14.9 Å². The van der Waals surface area contributed by atoms with Crippen molar-refractivity contribution in [3.05, 3.63) is 71.8 Å². The van der Waals surface area contributed by atoms with Crippen LogP contribution in [0.2, 0.25) is 0 Å². The summed E-state index contributed by atoms with van der Waals surface area (Å²) in [4.78, 5) is 18.5. The molecule has 4 nitrogen and oxygen atoms in total. The molecule has 0 spiro atoms. The SMILES string of the molecule is O=P(O)(O)CC(O)(Cc1ccccc1)Cc1ccccc1. The fraction of sp³-hybridized carbons (Fsp3) is 0.250. The van der Waals surface area contributed by atoms with Crippen LogP contribution in [-0.2, 0) is 17.4 Å². The molecule has 0 fully saturated rings. The molecule has 21 heavy (non-hydrogen) atoms. The Morgan fingerprint density at radius 1 is 0.810 bits per heavy atom. The van der Waals surface area contributed by atoms with E-state index in [4.69, 9.17) is 0 Å². The van der Waals surface area contributed by atoms with Crippen LogP contribution in [0.1, 0.15) is 11.1 Å². The maximum Gasteiger partial charge on any atom is 0.328 e. The molecule has 0 atom stereocenters. The first-order valence-electron chi connectivity index (χ1n) is 6.71. The van der Waals surface area contributed by atoms with Crippen molar-refractivity contribution in [2.24, 2.45) is 0 Å². The fourth-order valence-electron chi connectivity index (χ4n) is 2.51. The summed E-state index contributed by atoms with van der Waals surface area (Å²) in [6.07, 6.45) is -0.147. The first-order chi connectivity index (χ1) is 9.86. The molecular formula is C16H19O4P. The molecule has 3 N–H and O–H groups in total. The first-order valence-corrected chi connectivity index (χ1v) is 8.51. The van der Waals surface area contributed by atoms with Crippen molar-refractivity contribution in [2.45, 2.75) is 18.4 Å². The Kier molecular flexibility index (Phi) is 4.96. The predicted octanol–water partition coefficient (Wildman–Crippen LogP) is 2.38. The summed E-state index contributed by atoms with van der Waals surface area (Å²) in [6.45, 7) is 0. The van der Waals surface area contributed by atoms with Gasteiger partial charge in [0, 0.05) is 12.8 Å². The lowest BCUT2D eigenvalue weighted by atomic mass is 9.89. The normalized spacial score (nSPS) is 12.3. The Bertz CT molecular complexity index is 565. The van der Waals surface area contributed by atoms with Gasteiger partial charge in [-0.1, -0.05) is 60.7 Å². The summed E-state index contributed by atoms with van der Waals surface area (Å²) in [5.74, 6) is 0. The van der Waals surface area contributed by atoms with Gasteiger partial charge in [0.15, 0.2) is 0 Å². The van der Waals surface area contributed by atoms with Crippen LogP contribution < -0.4 is 0 Å². The Balaban J connectivity index is 2.23. The van der Waals surface area contributed by atoms with Gasteiger partial charge in [-0.3, -0.25) is 4.57 Å². The summed E-state index contributed by atoms with van der Waals surface area (Å²) in [5, 5.41) is 10.8. The molecule has 2 aromatic carbocycles. The van der Waals surface area contributed by atoms with Gasteiger partial charge in [-0.25, -0.2) is 0 Å². The van der Waals surface area contributed by atoms with Crippen LogP contribution in [0.4, 0.5) is 0 Å². The Hall–Kier alpha value is -1.45. The highest BCUT2D eigenvalue weighted by molar-refractivity contribution is 7.51. The first kappa shape index (κ1) is 15.9. The minimum Gasteiger partial charge on any atom is -0.389 e. The number of hydrogen-bond donors (Lipinski definition) is 3. The van der Waals surface area contributed by atoms with Crippen molar-refractivity contribution in [2.75, 3.05) is 6.16 Å². The minimum atomic E-state index is -4.31. The van der Waals surface area contributed by atoms with E-state index in [1.807, 2.05) is 60.7 Å². The van der Waals surface area contributed by atoms with E-state index in [-0.39, 0.29) is 12.8 Å². The van der Waals surface area contributed by atoms with E-state index < -0.39 is 19.4 Å². The Morgan fingerprint density at radius 3 is 1.52 bits per heavy atom. The van der Waals surface area contributed by atoms with E-state index in [1.165, 1.54) is 0 Å². The van der Waals surface area contributed by atoms with E-state index in [0.717, 1.165) is 11.1 Å². The quantitative estimate of drug-likeness (QED) is 0.716. The molecule has 0 amide bonds. The average Bonchev–Trinajstić information content (AvgIpc) is 2.38. The zero-order chi connectivity index (χ0) is 15.3. The van der Waals surface area contributed by atoms with Gasteiger partial charge >= 0.3 is 7.60 Å². The molecule has 0 heterocycles. The molecule has 0 aromatic heterocycles. The van der Waals surface area contributed by atoms with Crippen molar-refractivity contribution >= 4 is 7.60 Å². The summed E-state index contributed by atoms with van der Waals surface area (Å²) in [5.41, 5.74) is 0.232. The van der Waals surface area contributed by atoms with E-state index in [2.05, 4.69) is 0 Å². The topological polar surface area (TPSA) is 77.8 Å². The molecule has 0 saturated carbocycles. The molecule has 0 saturated heterocycles. The lowest BCUT2D eigenvalue weighted by Gasteiger charge is -2.29. The van der Waals surface area contributed by atoms with Crippen molar-refractivity contribution in [1.29, 1.82) is 0 Å². The smallest absolute Gasteiger partial charge is 0.328 e. The van der Waals surface area contributed by atoms with E-state index >= 15 is 0 Å². The van der Waals surface area contributed by atoms with Gasteiger partial charge in [0.2, 0.25) is 0 Å². The number of hydrogen-bond acceptors (Lipinski definition) is 2. The second-order valence-corrected chi connectivity index (χ2v) is 7.02. The molecule has 5 heteroatoms. The summed E-state index contributed by atoms with van der Waals surface area (Å²) in [6, 6.07) is 18.5. The molecule has 0 bridgehead atoms. The van der Waals surface area contributed by atoms with Crippen molar-refractivity contribution in [1.82, 2.24) is 0 Å². The third kappa shape index (κ3) is 5.44. The molecule has 0 radical (unpaired) electrons. The fourth-order valence-corrected chi connectivity index (χ4v) is 3.50. The van der Waals surface area contributed by atoms with Crippen molar-refractivity contribution in [3.8, 4) is 0 Å². The third-order valence-corrected chi connectivity index (χ3v) is 4.25. The van der Waals surface area contributed by atoms with Crippen LogP contribution >= 0.6 is 7.60 Å². The summed E-state index contributed by atoms with van der Waals surface area (Å²) >= 11 is 0. The Labute approximate surface area is 124 Å². The maximum atomic E-state index is 11.4. The standard InChI is InChI=1S/C16H19O4P/c17-16(13-21(18,19)20,11-14-7-3-1-4-8-14)12-15-9-5-2-6-10-15/h1-10,17H,11-13H2,(H2,18,19,20). The highest BCUT2D eigenvalue weighted by Gasteiger charge is 2.35. The molecule has 2 rings (SSSR count). The lowest BCUT2D eigenvalue weighted by molar-refractivity contribution is 0.0592. The molecule has 0 unspecified atom stereocenters.